The van der Waals surface area contributed by atoms with Gasteiger partial charge in [-0.2, -0.15) is 5.26 Å². The van der Waals surface area contributed by atoms with Crippen LogP contribution in [0, 0.1) is 17.2 Å². The van der Waals surface area contributed by atoms with Gasteiger partial charge in [-0.3, -0.25) is 4.79 Å². The molecule has 0 aliphatic heterocycles. The van der Waals surface area contributed by atoms with Crippen molar-refractivity contribution < 1.29 is 9.21 Å². The third-order valence-electron chi connectivity index (χ3n) is 4.81. The smallest absolute Gasteiger partial charge is 0.228 e. The van der Waals surface area contributed by atoms with Gasteiger partial charge in [0.25, 0.3) is 0 Å². The van der Waals surface area contributed by atoms with Gasteiger partial charge in [-0.05, 0) is 49.8 Å². The van der Waals surface area contributed by atoms with E-state index in [4.69, 9.17) is 4.42 Å². The van der Waals surface area contributed by atoms with Crippen molar-refractivity contribution in [3.8, 4) is 6.07 Å². The number of nitriles is 1. The van der Waals surface area contributed by atoms with Crippen LogP contribution in [0.5, 0.6) is 0 Å². The Kier molecular flexibility index (Phi) is 3.70. The number of furan rings is 1. The minimum atomic E-state index is -0.0328. The maximum atomic E-state index is 12.5. The minimum absolute atomic E-state index is 0.0132. The van der Waals surface area contributed by atoms with Gasteiger partial charge in [-0.1, -0.05) is 6.42 Å². The zero-order valence-corrected chi connectivity index (χ0v) is 13.6. The predicted octanol–water partition coefficient (Wildman–Crippen LogP) is 4.22. The standard InChI is InChI=1S/C18H18N2O2S/c19-10-14-11-5-2-1-3-7-16(11)23-18(14)20-17(21)13-9-12(13)15-6-4-8-22-15/h4,6,8,12-13H,1-3,5,7,9H2,(H,20,21)/t12-,13-/m1/s1. The van der Waals surface area contributed by atoms with Gasteiger partial charge >= 0.3 is 0 Å². The summed E-state index contributed by atoms with van der Waals surface area (Å²) in [4.78, 5) is 13.8. The lowest BCUT2D eigenvalue weighted by molar-refractivity contribution is -0.117. The summed E-state index contributed by atoms with van der Waals surface area (Å²) in [7, 11) is 0. The number of nitrogens with zero attached hydrogens (tertiary/aromatic N) is 1. The number of rotatable bonds is 3. The number of carbonyl (C=O) groups is 1. The lowest BCUT2D eigenvalue weighted by Gasteiger charge is -2.03. The van der Waals surface area contributed by atoms with Crippen molar-refractivity contribution in [1.29, 1.82) is 5.26 Å². The van der Waals surface area contributed by atoms with Gasteiger partial charge in [0.2, 0.25) is 5.91 Å². The Hall–Kier alpha value is -2.06. The summed E-state index contributed by atoms with van der Waals surface area (Å²) < 4.78 is 5.38. The lowest BCUT2D eigenvalue weighted by Crippen LogP contribution is -2.14. The van der Waals surface area contributed by atoms with Crippen LogP contribution in [0.15, 0.2) is 22.8 Å². The van der Waals surface area contributed by atoms with Crippen LogP contribution in [0.2, 0.25) is 0 Å². The molecule has 1 fully saturated rings. The summed E-state index contributed by atoms with van der Waals surface area (Å²) in [6, 6.07) is 6.09. The van der Waals surface area contributed by atoms with Crippen molar-refractivity contribution in [1.82, 2.24) is 0 Å². The molecule has 4 rings (SSSR count). The maximum absolute atomic E-state index is 12.5. The summed E-state index contributed by atoms with van der Waals surface area (Å²) in [5.74, 6) is 1.05. The molecule has 5 heteroatoms. The number of fused-ring (bicyclic) bond motifs is 1. The van der Waals surface area contributed by atoms with Gasteiger partial charge in [0.05, 0.1) is 11.8 Å². The molecule has 0 spiro atoms. The first kappa shape index (κ1) is 14.5. The van der Waals surface area contributed by atoms with E-state index in [1.807, 2.05) is 12.1 Å². The monoisotopic (exact) mass is 326 g/mol. The van der Waals surface area contributed by atoms with E-state index in [1.54, 1.807) is 17.6 Å². The third-order valence-corrected chi connectivity index (χ3v) is 6.01. The van der Waals surface area contributed by atoms with Crippen molar-refractivity contribution in [3.63, 3.8) is 0 Å². The Morgan fingerprint density at radius 3 is 3.00 bits per heavy atom. The topological polar surface area (TPSA) is 66.0 Å². The van der Waals surface area contributed by atoms with E-state index in [-0.39, 0.29) is 17.7 Å². The fourth-order valence-corrected chi connectivity index (χ4v) is 4.70. The Balaban J connectivity index is 1.51. The van der Waals surface area contributed by atoms with Crippen molar-refractivity contribution in [2.24, 2.45) is 5.92 Å². The van der Waals surface area contributed by atoms with Gasteiger partial charge in [0.1, 0.15) is 16.8 Å². The second-order valence-corrected chi connectivity index (χ2v) is 7.44. The molecule has 0 radical (unpaired) electrons. The fraction of sp³-hybridized carbons (Fsp3) is 0.444. The van der Waals surface area contributed by atoms with Crippen LogP contribution in [-0.2, 0) is 17.6 Å². The van der Waals surface area contributed by atoms with Crippen LogP contribution in [0.1, 0.15) is 53.4 Å². The normalized spacial score (nSPS) is 22.7. The molecule has 2 atom stereocenters. The molecule has 23 heavy (non-hydrogen) atoms. The van der Waals surface area contributed by atoms with Gasteiger partial charge in [-0.25, -0.2) is 0 Å². The summed E-state index contributed by atoms with van der Waals surface area (Å²) in [5, 5.41) is 13.3. The molecule has 0 bridgehead atoms. The third kappa shape index (κ3) is 2.68. The van der Waals surface area contributed by atoms with Gasteiger partial charge in [-0.15, -0.1) is 11.3 Å². The number of amides is 1. The molecule has 2 aromatic rings. The first-order chi connectivity index (χ1) is 11.3. The maximum Gasteiger partial charge on any atom is 0.228 e. The van der Waals surface area contributed by atoms with Crippen molar-refractivity contribution in [2.45, 2.75) is 44.4 Å². The average Bonchev–Trinajstić information content (AvgIpc) is 3.13. The predicted molar refractivity (Wildman–Crippen MR) is 88.5 cm³/mol. The summed E-state index contributed by atoms with van der Waals surface area (Å²) in [6.45, 7) is 0. The zero-order chi connectivity index (χ0) is 15.8. The molecule has 2 heterocycles. The van der Waals surface area contributed by atoms with Crippen molar-refractivity contribution in [2.75, 3.05) is 5.32 Å². The average molecular weight is 326 g/mol. The van der Waals surface area contributed by atoms with E-state index in [0.717, 1.165) is 36.4 Å². The second kappa shape index (κ2) is 5.86. The van der Waals surface area contributed by atoms with Crippen LogP contribution >= 0.6 is 11.3 Å². The van der Waals surface area contributed by atoms with E-state index in [0.29, 0.717) is 5.56 Å². The molecule has 1 amide bonds. The molecule has 0 aromatic carbocycles. The summed E-state index contributed by atoms with van der Waals surface area (Å²) in [6.07, 6.45) is 8.00. The summed E-state index contributed by atoms with van der Waals surface area (Å²) >= 11 is 1.59. The van der Waals surface area contributed by atoms with E-state index in [1.165, 1.54) is 23.3 Å². The number of hydrogen-bond acceptors (Lipinski definition) is 4. The molecule has 4 nitrogen and oxygen atoms in total. The number of aryl methyl sites for hydroxylation is 1. The number of anilines is 1. The largest absolute Gasteiger partial charge is 0.469 e. The van der Waals surface area contributed by atoms with Gasteiger partial charge in [0, 0.05) is 16.7 Å². The van der Waals surface area contributed by atoms with E-state index in [9.17, 15) is 10.1 Å². The molecule has 1 N–H and O–H groups in total. The second-order valence-electron chi connectivity index (χ2n) is 6.33. The lowest BCUT2D eigenvalue weighted by atomic mass is 10.1. The highest BCUT2D eigenvalue weighted by Crippen LogP contribution is 2.48. The molecule has 2 aliphatic rings. The van der Waals surface area contributed by atoms with E-state index >= 15 is 0 Å². The SMILES string of the molecule is N#Cc1c(NC(=O)[C@@H]2C[C@H]2c2ccco2)sc2c1CCCCC2. The molecule has 0 unspecified atom stereocenters. The Morgan fingerprint density at radius 2 is 2.22 bits per heavy atom. The van der Waals surface area contributed by atoms with Crippen LogP contribution in [-0.4, -0.2) is 5.91 Å². The Bertz CT molecular complexity index is 770. The molecule has 2 aromatic heterocycles. The molecule has 1 saturated carbocycles. The van der Waals surface area contributed by atoms with Crippen LogP contribution in [0.3, 0.4) is 0 Å². The fourth-order valence-electron chi connectivity index (χ4n) is 3.46. The highest BCUT2D eigenvalue weighted by atomic mass is 32.1. The van der Waals surface area contributed by atoms with Gasteiger partial charge < -0.3 is 9.73 Å². The molecule has 2 aliphatic carbocycles. The number of nitrogens with one attached hydrogen (secondary N) is 1. The van der Waals surface area contributed by atoms with Crippen molar-refractivity contribution in [3.05, 3.63) is 40.2 Å². The molecular formula is C18H18N2O2S. The molecule has 0 saturated heterocycles. The van der Waals surface area contributed by atoms with Crippen LogP contribution in [0.4, 0.5) is 5.00 Å². The summed E-state index contributed by atoms with van der Waals surface area (Å²) in [5.41, 5.74) is 1.86. The van der Waals surface area contributed by atoms with E-state index in [2.05, 4.69) is 11.4 Å². The zero-order valence-electron chi connectivity index (χ0n) is 12.8. The quantitative estimate of drug-likeness (QED) is 0.859. The molecule has 118 valence electrons. The first-order valence-electron chi connectivity index (χ1n) is 8.17. The Morgan fingerprint density at radius 1 is 1.35 bits per heavy atom. The van der Waals surface area contributed by atoms with Crippen molar-refractivity contribution >= 4 is 22.2 Å². The highest BCUT2D eigenvalue weighted by molar-refractivity contribution is 7.16. The number of hydrogen-bond donors (Lipinski definition) is 1. The van der Waals surface area contributed by atoms with E-state index < -0.39 is 0 Å². The van der Waals surface area contributed by atoms with Gasteiger partial charge in [0.15, 0.2) is 0 Å². The van der Waals surface area contributed by atoms with Crippen LogP contribution < -0.4 is 5.32 Å². The minimum Gasteiger partial charge on any atom is -0.469 e. The van der Waals surface area contributed by atoms with Crippen LogP contribution in [0.25, 0.3) is 0 Å². The Labute approximate surface area is 139 Å². The highest BCUT2D eigenvalue weighted by Gasteiger charge is 2.46. The number of thiophene rings is 1. The first-order valence-corrected chi connectivity index (χ1v) is 8.98. The molecular weight excluding hydrogens is 308 g/mol. The number of carbonyl (C=O) groups excluding carboxylic acids is 1.